The average molecular weight is 310 g/mol. The fourth-order valence-corrected chi connectivity index (χ4v) is 4.96. The first-order valence-corrected chi connectivity index (χ1v) is 8.76. The number of nitrogens with zero attached hydrogens (tertiary/aromatic N) is 6. The highest BCUT2D eigenvalue weighted by atomic mass is 15.6. The van der Waals surface area contributed by atoms with Crippen LogP contribution in [0.5, 0.6) is 0 Å². The molecule has 6 heteroatoms. The second kappa shape index (κ2) is 4.76. The maximum Gasteiger partial charge on any atom is 0.101 e. The summed E-state index contributed by atoms with van der Waals surface area (Å²) in [5.74, 6) is 1.14. The van der Waals surface area contributed by atoms with Gasteiger partial charge in [0.1, 0.15) is 18.1 Å². The molecular weight excluding hydrogens is 288 g/mol. The fraction of sp³-hybridized carbons (Fsp3) is 0.647. The SMILES string of the molecule is CCN(CC)c1ccc(N2N=N[C@H]3[C@H]4C[C@H]([C@@H]5N=N[C@H]45)[C@H]32)cc1. The first-order chi connectivity index (χ1) is 11.3. The first kappa shape index (κ1) is 13.5. The second-order valence-electron chi connectivity index (χ2n) is 6.99. The summed E-state index contributed by atoms with van der Waals surface area (Å²) < 4.78 is 0. The van der Waals surface area contributed by atoms with E-state index in [-0.39, 0.29) is 0 Å². The highest BCUT2D eigenvalue weighted by molar-refractivity contribution is 5.57. The summed E-state index contributed by atoms with van der Waals surface area (Å²) in [7, 11) is 0. The molecule has 2 heterocycles. The minimum atomic E-state index is 0.322. The summed E-state index contributed by atoms with van der Waals surface area (Å²) in [6.07, 6.45) is 1.21. The van der Waals surface area contributed by atoms with Crippen LogP contribution in [-0.2, 0) is 0 Å². The third kappa shape index (κ3) is 1.69. The number of azo groups is 1. The van der Waals surface area contributed by atoms with Gasteiger partial charge in [0, 0.05) is 30.6 Å². The minimum absolute atomic E-state index is 0.322. The van der Waals surface area contributed by atoms with E-state index in [0.29, 0.717) is 36.0 Å². The van der Waals surface area contributed by atoms with E-state index < -0.39 is 0 Å². The third-order valence-corrected chi connectivity index (χ3v) is 6.14. The minimum Gasteiger partial charge on any atom is -0.372 e. The van der Waals surface area contributed by atoms with Crippen LogP contribution in [0.2, 0.25) is 0 Å². The lowest BCUT2D eigenvalue weighted by Gasteiger charge is -2.38. The molecule has 0 radical (unpaired) electrons. The van der Waals surface area contributed by atoms with E-state index in [2.05, 4.69) is 68.6 Å². The molecule has 2 bridgehead atoms. The van der Waals surface area contributed by atoms with Gasteiger partial charge in [-0.2, -0.15) is 15.3 Å². The molecule has 2 aliphatic heterocycles. The quantitative estimate of drug-likeness (QED) is 0.856. The molecule has 1 aromatic carbocycles. The Labute approximate surface area is 136 Å². The molecule has 6 nitrogen and oxygen atoms in total. The Hall–Kier alpha value is -1.98. The monoisotopic (exact) mass is 310 g/mol. The molecule has 0 N–H and O–H groups in total. The van der Waals surface area contributed by atoms with Crippen molar-refractivity contribution in [1.82, 2.24) is 0 Å². The van der Waals surface area contributed by atoms with E-state index in [9.17, 15) is 0 Å². The zero-order valence-electron chi connectivity index (χ0n) is 13.6. The van der Waals surface area contributed by atoms with Gasteiger partial charge in [0.15, 0.2) is 0 Å². The number of rotatable bonds is 4. The Morgan fingerprint density at radius 1 is 0.957 bits per heavy atom. The zero-order chi connectivity index (χ0) is 15.6. The molecule has 0 saturated heterocycles. The predicted molar refractivity (Wildman–Crippen MR) is 88.9 cm³/mol. The van der Waals surface area contributed by atoms with Crippen LogP contribution in [0.3, 0.4) is 0 Å². The first-order valence-electron chi connectivity index (χ1n) is 8.76. The smallest absolute Gasteiger partial charge is 0.101 e. The normalized spacial score (nSPS) is 38.6. The molecule has 4 aliphatic rings. The van der Waals surface area contributed by atoms with Crippen molar-refractivity contribution in [3.8, 4) is 0 Å². The fourth-order valence-electron chi connectivity index (χ4n) is 4.96. The molecule has 0 aromatic heterocycles. The van der Waals surface area contributed by atoms with Gasteiger partial charge in [-0.1, -0.05) is 5.22 Å². The van der Waals surface area contributed by atoms with Crippen molar-refractivity contribution < 1.29 is 0 Å². The van der Waals surface area contributed by atoms with E-state index in [1.165, 1.54) is 12.1 Å². The summed E-state index contributed by atoms with van der Waals surface area (Å²) in [6, 6.07) is 10.3. The third-order valence-electron chi connectivity index (χ3n) is 6.14. The predicted octanol–water partition coefficient (Wildman–Crippen LogP) is 3.31. The highest BCUT2D eigenvalue weighted by Crippen LogP contribution is 2.56. The summed E-state index contributed by atoms with van der Waals surface area (Å²) >= 11 is 0. The molecule has 120 valence electrons. The van der Waals surface area contributed by atoms with Crippen molar-refractivity contribution in [1.29, 1.82) is 0 Å². The molecular formula is C17H22N6. The summed E-state index contributed by atoms with van der Waals surface area (Å²) in [6.45, 7) is 6.44. The number of benzene rings is 1. The van der Waals surface area contributed by atoms with Crippen molar-refractivity contribution in [3.63, 3.8) is 0 Å². The van der Waals surface area contributed by atoms with Crippen LogP contribution in [0.25, 0.3) is 0 Å². The molecule has 2 saturated carbocycles. The highest BCUT2D eigenvalue weighted by Gasteiger charge is 2.65. The maximum absolute atomic E-state index is 4.59. The Morgan fingerprint density at radius 3 is 2.30 bits per heavy atom. The molecule has 23 heavy (non-hydrogen) atoms. The molecule has 1 aromatic rings. The molecule has 0 unspecified atom stereocenters. The van der Waals surface area contributed by atoms with Crippen molar-refractivity contribution >= 4 is 11.4 Å². The Balaban J connectivity index is 1.41. The van der Waals surface area contributed by atoms with Crippen LogP contribution in [0.1, 0.15) is 20.3 Å². The lowest BCUT2D eigenvalue weighted by molar-refractivity contribution is 0.242. The maximum atomic E-state index is 4.59. The van der Waals surface area contributed by atoms with Gasteiger partial charge in [0.2, 0.25) is 0 Å². The topological polar surface area (TPSA) is 55.9 Å². The zero-order valence-corrected chi connectivity index (χ0v) is 13.6. The average Bonchev–Trinajstić information content (AvgIpc) is 3.17. The number of hydrogen-bond donors (Lipinski definition) is 0. The van der Waals surface area contributed by atoms with Crippen LogP contribution >= 0.6 is 0 Å². The molecule has 0 amide bonds. The molecule has 0 spiro atoms. The Morgan fingerprint density at radius 2 is 1.65 bits per heavy atom. The Kier molecular flexibility index (Phi) is 2.78. The summed E-state index contributed by atoms with van der Waals surface area (Å²) in [5, 5.41) is 19.9. The van der Waals surface area contributed by atoms with Gasteiger partial charge in [0.25, 0.3) is 0 Å². The van der Waals surface area contributed by atoms with Crippen molar-refractivity contribution in [2.45, 2.75) is 44.4 Å². The van der Waals surface area contributed by atoms with Crippen LogP contribution < -0.4 is 9.91 Å². The van der Waals surface area contributed by atoms with Crippen molar-refractivity contribution in [3.05, 3.63) is 24.3 Å². The lowest BCUT2D eigenvalue weighted by atomic mass is 9.82. The number of hydrogen-bond acceptors (Lipinski definition) is 6. The van der Waals surface area contributed by atoms with Crippen molar-refractivity contribution in [2.24, 2.45) is 32.4 Å². The van der Waals surface area contributed by atoms with E-state index in [0.717, 1.165) is 18.8 Å². The molecule has 2 aliphatic carbocycles. The van der Waals surface area contributed by atoms with Gasteiger partial charge < -0.3 is 4.90 Å². The van der Waals surface area contributed by atoms with Gasteiger partial charge in [-0.3, -0.25) is 0 Å². The number of fused-ring (bicyclic) bond motifs is 8. The van der Waals surface area contributed by atoms with E-state index in [1.807, 2.05) is 0 Å². The largest absolute Gasteiger partial charge is 0.372 e. The van der Waals surface area contributed by atoms with Crippen LogP contribution in [0.15, 0.2) is 44.8 Å². The van der Waals surface area contributed by atoms with E-state index >= 15 is 0 Å². The van der Waals surface area contributed by atoms with Gasteiger partial charge in [-0.25, -0.2) is 5.01 Å². The molecule has 6 atom stereocenters. The lowest BCUT2D eigenvalue weighted by Crippen LogP contribution is -2.52. The van der Waals surface area contributed by atoms with Gasteiger partial charge >= 0.3 is 0 Å². The standard InChI is InChI=1S/C17H22N6/c1-3-22(4-2)10-5-7-11(8-6-10)23-17-13-9-12(16(17)20-21-23)14-15(13)19-18-14/h5-8,12-17H,3-4,9H2,1-2H3/t12-,13+,14+,15-,16-,17+/m0/s1. The summed E-state index contributed by atoms with van der Waals surface area (Å²) in [4.78, 5) is 2.36. The van der Waals surface area contributed by atoms with Gasteiger partial charge in [-0.15, -0.1) is 0 Å². The van der Waals surface area contributed by atoms with Gasteiger partial charge in [-0.05, 0) is 44.5 Å². The Bertz CT molecular complexity index is 664. The molecule has 5 rings (SSSR count). The summed E-state index contributed by atoms with van der Waals surface area (Å²) in [5.41, 5.74) is 2.42. The number of anilines is 2. The van der Waals surface area contributed by atoms with Crippen LogP contribution in [-0.4, -0.2) is 37.3 Å². The van der Waals surface area contributed by atoms with E-state index in [1.54, 1.807) is 0 Å². The molecule has 2 fully saturated rings. The van der Waals surface area contributed by atoms with E-state index in [4.69, 9.17) is 0 Å². The van der Waals surface area contributed by atoms with Crippen LogP contribution in [0.4, 0.5) is 11.4 Å². The van der Waals surface area contributed by atoms with Crippen LogP contribution in [0, 0.1) is 11.8 Å². The van der Waals surface area contributed by atoms with Crippen molar-refractivity contribution in [2.75, 3.05) is 23.0 Å². The van der Waals surface area contributed by atoms with Gasteiger partial charge in [0.05, 0.1) is 11.7 Å². The second-order valence-corrected chi connectivity index (χ2v) is 6.99.